The summed E-state index contributed by atoms with van der Waals surface area (Å²) in [5.41, 5.74) is 0. The number of carbonyl (C=O) groups is 1. The quantitative estimate of drug-likeness (QED) is 0.587. The van der Waals surface area contributed by atoms with E-state index in [0.29, 0.717) is 6.42 Å². The minimum atomic E-state index is -0.924. The Morgan fingerprint density at radius 1 is 1.67 bits per heavy atom. The molecule has 54 valence electrons. The number of aliphatic carboxylic acids is 1. The van der Waals surface area contributed by atoms with Crippen LogP contribution in [-0.4, -0.2) is 22.3 Å². The van der Waals surface area contributed by atoms with Gasteiger partial charge in [0.05, 0.1) is 12.0 Å². The van der Waals surface area contributed by atoms with Crippen molar-refractivity contribution in [2.45, 2.75) is 26.4 Å². The van der Waals surface area contributed by atoms with Gasteiger partial charge in [-0.2, -0.15) is 0 Å². The Kier molecular flexibility index (Phi) is 3.24. The van der Waals surface area contributed by atoms with E-state index < -0.39 is 18.0 Å². The highest BCUT2D eigenvalue weighted by Crippen LogP contribution is 2.07. The summed E-state index contributed by atoms with van der Waals surface area (Å²) in [5.74, 6) is -1.53. The molecular weight excluding hydrogens is 120 g/mol. The fourth-order valence-corrected chi connectivity index (χ4v) is 0.722. The second-order valence-electron chi connectivity index (χ2n) is 2.09. The number of carboxylic acid groups (broad SMARTS) is 1. The predicted octanol–water partition coefficient (Wildman–Crippen LogP) is 0.478. The van der Waals surface area contributed by atoms with Crippen molar-refractivity contribution in [1.82, 2.24) is 0 Å². The summed E-state index contributed by atoms with van der Waals surface area (Å²) in [6.07, 6.45) is -0.264. The lowest BCUT2D eigenvalue weighted by Gasteiger charge is -2.11. The van der Waals surface area contributed by atoms with Gasteiger partial charge in [0.2, 0.25) is 0 Å². The molecule has 0 bridgehead atoms. The zero-order chi connectivity index (χ0) is 7.44. The Bertz CT molecular complexity index is 98.5. The van der Waals surface area contributed by atoms with Gasteiger partial charge in [-0.15, -0.1) is 0 Å². The molecule has 0 saturated heterocycles. The van der Waals surface area contributed by atoms with Gasteiger partial charge in [0, 0.05) is 0 Å². The highest BCUT2D eigenvalue weighted by molar-refractivity contribution is 5.70. The van der Waals surface area contributed by atoms with Gasteiger partial charge in [0.15, 0.2) is 0 Å². The highest BCUT2D eigenvalue weighted by atomic mass is 16.4. The second kappa shape index (κ2) is 3.45. The molecule has 0 aliphatic heterocycles. The third-order valence-electron chi connectivity index (χ3n) is 1.34. The Hall–Kier alpha value is -0.570. The third kappa shape index (κ3) is 2.46. The summed E-state index contributed by atoms with van der Waals surface area (Å²) in [4.78, 5) is 10.2. The van der Waals surface area contributed by atoms with Crippen molar-refractivity contribution in [3.05, 3.63) is 0 Å². The summed E-state index contributed by atoms with van der Waals surface area (Å²) in [6, 6.07) is 0. The number of rotatable bonds is 3. The Morgan fingerprint density at radius 2 is 2.11 bits per heavy atom. The number of hydrogen-bond donors (Lipinski definition) is 2. The van der Waals surface area contributed by atoms with Crippen LogP contribution >= 0.6 is 0 Å². The number of carboxylic acids is 1. The Morgan fingerprint density at radius 3 is 2.11 bits per heavy atom. The van der Waals surface area contributed by atoms with Crippen LogP contribution in [0, 0.1) is 5.92 Å². The van der Waals surface area contributed by atoms with E-state index in [9.17, 15) is 4.79 Å². The minimum absolute atomic E-state index is 0.479. The van der Waals surface area contributed by atoms with Crippen molar-refractivity contribution in [1.29, 1.82) is 0 Å². The fraction of sp³-hybridized carbons (Fsp3) is 0.833. The van der Waals surface area contributed by atoms with Crippen molar-refractivity contribution in [2.75, 3.05) is 0 Å². The van der Waals surface area contributed by atoms with Gasteiger partial charge < -0.3 is 10.2 Å². The van der Waals surface area contributed by atoms with Crippen LogP contribution in [0.3, 0.4) is 0 Å². The number of hydrogen-bond acceptors (Lipinski definition) is 2. The van der Waals surface area contributed by atoms with Crippen LogP contribution in [0.4, 0.5) is 0 Å². The third-order valence-corrected chi connectivity index (χ3v) is 1.34. The first-order chi connectivity index (χ1) is 4.09. The van der Waals surface area contributed by atoms with Gasteiger partial charge >= 0.3 is 5.97 Å². The first-order valence-electron chi connectivity index (χ1n) is 3.00. The smallest absolute Gasteiger partial charge is 0.309 e. The molecule has 2 atom stereocenters. The molecule has 9 heavy (non-hydrogen) atoms. The molecule has 0 aromatic heterocycles. The average molecular weight is 132 g/mol. The zero-order valence-electron chi connectivity index (χ0n) is 5.66. The number of aliphatic hydroxyl groups is 1. The first-order valence-corrected chi connectivity index (χ1v) is 3.00. The molecule has 0 rings (SSSR count). The fourth-order valence-electron chi connectivity index (χ4n) is 0.722. The molecule has 0 aromatic rings. The first kappa shape index (κ1) is 8.43. The lowest BCUT2D eigenvalue weighted by atomic mass is 10.0. The molecule has 0 aromatic carbocycles. The van der Waals surface area contributed by atoms with E-state index in [-0.39, 0.29) is 0 Å². The maximum atomic E-state index is 10.2. The number of aliphatic hydroxyl groups excluding tert-OH is 1. The van der Waals surface area contributed by atoms with Gasteiger partial charge in [0.1, 0.15) is 0 Å². The lowest BCUT2D eigenvalue weighted by Crippen LogP contribution is -2.24. The maximum Gasteiger partial charge on any atom is 0.309 e. The summed E-state index contributed by atoms with van der Waals surface area (Å²) in [5, 5.41) is 17.2. The summed E-state index contributed by atoms with van der Waals surface area (Å²) in [7, 11) is 0. The van der Waals surface area contributed by atoms with Crippen molar-refractivity contribution in [3.8, 4) is 0 Å². The van der Waals surface area contributed by atoms with E-state index in [0.717, 1.165) is 0 Å². The van der Waals surface area contributed by atoms with Gasteiger partial charge in [0.25, 0.3) is 0 Å². The molecule has 0 fully saturated rings. The van der Waals surface area contributed by atoms with Crippen LogP contribution < -0.4 is 0 Å². The predicted molar refractivity (Wildman–Crippen MR) is 33.1 cm³/mol. The molecule has 2 N–H and O–H groups in total. The molecule has 0 aliphatic rings. The van der Waals surface area contributed by atoms with E-state index in [1.807, 2.05) is 0 Å². The van der Waals surface area contributed by atoms with Crippen LogP contribution in [0.2, 0.25) is 0 Å². The van der Waals surface area contributed by atoms with Crippen molar-refractivity contribution in [2.24, 2.45) is 5.92 Å². The SMILES string of the molecule is CC[C@@H](C(=O)O)C(C)O. The molecule has 0 amide bonds. The van der Waals surface area contributed by atoms with Crippen LogP contribution in [0.25, 0.3) is 0 Å². The standard InChI is InChI=1S/C6H12O3/c1-3-5(4(2)7)6(8)9/h4-5,7H,3H2,1-2H3,(H,8,9)/t4?,5-/m1/s1. The zero-order valence-corrected chi connectivity index (χ0v) is 5.66. The Balaban J connectivity index is 3.83. The molecule has 0 saturated carbocycles. The van der Waals surface area contributed by atoms with Gasteiger partial charge in [-0.3, -0.25) is 4.79 Å². The largest absolute Gasteiger partial charge is 0.481 e. The minimum Gasteiger partial charge on any atom is -0.481 e. The van der Waals surface area contributed by atoms with Crippen LogP contribution in [0.5, 0.6) is 0 Å². The molecule has 0 aliphatic carbocycles. The van der Waals surface area contributed by atoms with E-state index in [1.54, 1.807) is 6.92 Å². The van der Waals surface area contributed by atoms with Crippen LogP contribution in [0.15, 0.2) is 0 Å². The second-order valence-corrected chi connectivity index (χ2v) is 2.09. The summed E-state index contributed by atoms with van der Waals surface area (Å²) in [6.45, 7) is 3.23. The van der Waals surface area contributed by atoms with Crippen molar-refractivity contribution >= 4 is 5.97 Å². The van der Waals surface area contributed by atoms with Gasteiger partial charge in [-0.05, 0) is 13.3 Å². The Labute approximate surface area is 54.3 Å². The molecular formula is C6H12O3. The van der Waals surface area contributed by atoms with E-state index in [1.165, 1.54) is 6.92 Å². The summed E-state index contributed by atoms with van der Waals surface area (Å²) >= 11 is 0. The molecule has 0 spiro atoms. The van der Waals surface area contributed by atoms with Crippen molar-refractivity contribution < 1.29 is 15.0 Å². The molecule has 0 heterocycles. The van der Waals surface area contributed by atoms with E-state index in [4.69, 9.17) is 10.2 Å². The monoisotopic (exact) mass is 132 g/mol. The summed E-state index contributed by atoms with van der Waals surface area (Å²) < 4.78 is 0. The van der Waals surface area contributed by atoms with Gasteiger partial charge in [-0.25, -0.2) is 0 Å². The average Bonchev–Trinajstić information content (AvgIpc) is 1.64. The molecule has 3 nitrogen and oxygen atoms in total. The van der Waals surface area contributed by atoms with Crippen LogP contribution in [0.1, 0.15) is 20.3 Å². The topological polar surface area (TPSA) is 57.5 Å². The molecule has 3 heteroatoms. The van der Waals surface area contributed by atoms with Crippen LogP contribution in [-0.2, 0) is 4.79 Å². The highest BCUT2D eigenvalue weighted by Gasteiger charge is 2.19. The normalized spacial score (nSPS) is 16.8. The van der Waals surface area contributed by atoms with E-state index in [2.05, 4.69) is 0 Å². The molecule has 0 radical (unpaired) electrons. The van der Waals surface area contributed by atoms with Crippen molar-refractivity contribution in [3.63, 3.8) is 0 Å². The maximum absolute atomic E-state index is 10.2. The van der Waals surface area contributed by atoms with Gasteiger partial charge in [-0.1, -0.05) is 6.92 Å². The van der Waals surface area contributed by atoms with E-state index >= 15 is 0 Å². The lowest BCUT2D eigenvalue weighted by molar-refractivity contribution is -0.145. The molecule has 1 unspecified atom stereocenters.